The zero-order chi connectivity index (χ0) is 21.5. The van der Waals surface area contributed by atoms with E-state index in [-0.39, 0.29) is 26.3 Å². The number of benzene rings is 2. The quantitative estimate of drug-likeness (QED) is 0.424. The van der Waals surface area contributed by atoms with Gasteiger partial charge < -0.3 is 4.57 Å². The van der Waals surface area contributed by atoms with Gasteiger partial charge in [0.2, 0.25) is 4.77 Å². The summed E-state index contributed by atoms with van der Waals surface area (Å²) in [6, 6.07) is 14.0. The predicted molar refractivity (Wildman–Crippen MR) is 118 cm³/mol. The minimum absolute atomic E-state index is 0.0415. The summed E-state index contributed by atoms with van der Waals surface area (Å²) in [7, 11) is -4.19. The molecule has 0 aliphatic heterocycles. The standard InChI is InChI=1S/C18H14Cl2N6O2S2/c1-2-25-15(11-7-4-3-5-8-11)21-16-22-17(23-26(16)18(25)29)30(27,28)24-14-12(19)9-6-10-13(14)20/h3-10,24H,2H2,1H3. The zero-order valence-electron chi connectivity index (χ0n) is 15.5. The molecule has 2 aromatic carbocycles. The van der Waals surface area contributed by atoms with Crippen LogP contribution in [0, 0.1) is 4.77 Å². The lowest BCUT2D eigenvalue weighted by Gasteiger charge is -2.11. The van der Waals surface area contributed by atoms with E-state index in [0.717, 1.165) is 5.56 Å². The Morgan fingerprint density at radius 1 is 1.03 bits per heavy atom. The lowest BCUT2D eigenvalue weighted by atomic mass is 10.2. The van der Waals surface area contributed by atoms with Crippen molar-refractivity contribution >= 4 is 56.9 Å². The molecule has 0 unspecified atom stereocenters. The van der Waals surface area contributed by atoms with Crippen molar-refractivity contribution in [1.82, 2.24) is 24.1 Å². The van der Waals surface area contributed by atoms with Crippen molar-refractivity contribution in [3.8, 4) is 11.4 Å². The summed E-state index contributed by atoms with van der Waals surface area (Å²) in [6.45, 7) is 2.42. The van der Waals surface area contributed by atoms with Crippen molar-refractivity contribution in [2.24, 2.45) is 0 Å². The zero-order valence-corrected chi connectivity index (χ0v) is 18.6. The molecule has 2 heterocycles. The van der Waals surface area contributed by atoms with Gasteiger partial charge in [0.1, 0.15) is 5.82 Å². The molecule has 0 saturated heterocycles. The Morgan fingerprint density at radius 2 is 1.70 bits per heavy atom. The Morgan fingerprint density at radius 3 is 2.33 bits per heavy atom. The molecule has 0 radical (unpaired) electrons. The van der Waals surface area contributed by atoms with E-state index in [1.807, 2.05) is 37.3 Å². The summed E-state index contributed by atoms with van der Waals surface area (Å²) < 4.78 is 31.3. The largest absolute Gasteiger partial charge is 0.301 e. The van der Waals surface area contributed by atoms with Crippen LogP contribution in [0.5, 0.6) is 0 Å². The maximum absolute atomic E-state index is 12.9. The number of halogens is 2. The molecule has 0 spiro atoms. The van der Waals surface area contributed by atoms with Crippen LogP contribution in [0.15, 0.2) is 53.7 Å². The highest BCUT2D eigenvalue weighted by Crippen LogP contribution is 2.31. The van der Waals surface area contributed by atoms with Gasteiger partial charge in [0, 0.05) is 12.1 Å². The fourth-order valence-electron chi connectivity index (χ4n) is 2.83. The average Bonchev–Trinajstić information content (AvgIpc) is 3.17. The molecule has 154 valence electrons. The summed E-state index contributed by atoms with van der Waals surface area (Å²) >= 11 is 17.6. The summed E-state index contributed by atoms with van der Waals surface area (Å²) in [6.07, 6.45) is 0. The molecule has 0 aliphatic rings. The van der Waals surface area contributed by atoms with Crippen molar-refractivity contribution in [2.45, 2.75) is 18.6 Å². The Labute approximate surface area is 187 Å². The maximum atomic E-state index is 12.9. The van der Waals surface area contributed by atoms with Gasteiger partial charge in [0.05, 0.1) is 15.7 Å². The van der Waals surface area contributed by atoms with Crippen molar-refractivity contribution in [3.05, 3.63) is 63.3 Å². The van der Waals surface area contributed by atoms with Crippen LogP contribution in [0.25, 0.3) is 17.2 Å². The van der Waals surface area contributed by atoms with Gasteiger partial charge in [-0.05, 0) is 31.3 Å². The number of para-hydroxylation sites is 1. The number of aromatic nitrogens is 5. The molecule has 30 heavy (non-hydrogen) atoms. The first kappa shape index (κ1) is 20.7. The van der Waals surface area contributed by atoms with Crippen LogP contribution in [0.3, 0.4) is 0 Å². The summed E-state index contributed by atoms with van der Waals surface area (Å²) in [5, 5.41) is 3.86. The second kappa shape index (κ2) is 7.95. The van der Waals surface area contributed by atoms with E-state index >= 15 is 0 Å². The van der Waals surface area contributed by atoms with Crippen LogP contribution in [0.4, 0.5) is 5.69 Å². The molecule has 4 aromatic rings. The molecule has 12 heteroatoms. The van der Waals surface area contributed by atoms with E-state index in [0.29, 0.717) is 12.4 Å². The van der Waals surface area contributed by atoms with Crippen LogP contribution in [-0.2, 0) is 16.6 Å². The van der Waals surface area contributed by atoms with E-state index in [1.165, 1.54) is 16.6 Å². The van der Waals surface area contributed by atoms with Gasteiger partial charge in [-0.15, -0.1) is 5.10 Å². The van der Waals surface area contributed by atoms with Gasteiger partial charge in [-0.2, -0.15) is 22.9 Å². The van der Waals surface area contributed by atoms with Crippen LogP contribution in [-0.4, -0.2) is 32.6 Å². The smallest absolute Gasteiger partial charge is 0.299 e. The molecule has 0 aliphatic carbocycles. The lowest BCUT2D eigenvalue weighted by molar-refractivity contribution is 0.591. The van der Waals surface area contributed by atoms with E-state index in [9.17, 15) is 8.42 Å². The second-order valence-corrected chi connectivity index (χ2v) is 8.89. The topological polar surface area (TPSA) is 94.2 Å². The SMILES string of the molecule is CCn1c(-c2ccccc2)nc2nc(S(=O)(=O)Nc3c(Cl)cccc3Cl)nn2c1=S. The fraction of sp³-hybridized carbons (Fsp3) is 0.111. The molecular formula is C18H14Cl2N6O2S2. The van der Waals surface area contributed by atoms with Crippen molar-refractivity contribution < 1.29 is 8.42 Å². The molecule has 0 atom stereocenters. The fourth-order valence-corrected chi connectivity index (χ4v) is 4.74. The first-order valence-electron chi connectivity index (χ1n) is 8.71. The monoisotopic (exact) mass is 480 g/mol. The third-order valence-electron chi connectivity index (χ3n) is 4.23. The number of hydrogen-bond donors (Lipinski definition) is 1. The third kappa shape index (κ3) is 3.67. The molecule has 2 aromatic heterocycles. The van der Waals surface area contributed by atoms with Gasteiger partial charge in [-0.3, -0.25) is 4.72 Å². The number of rotatable bonds is 5. The van der Waals surface area contributed by atoms with Gasteiger partial charge in [-0.25, -0.2) is 0 Å². The second-order valence-electron chi connectivity index (χ2n) is 6.14. The highest BCUT2D eigenvalue weighted by Gasteiger charge is 2.24. The molecule has 0 saturated carbocycles. The number of sulfonamides is 1. The highest BCUT2D eigenvalue weighted by atomic mass is 35.5. The predicted octanol–water partition coefficient (Wildman–Crippen LogP) is 4.45. The Hall–Kier alpha value is -2.53. The van der Waals surface area contributed by atoms with E-state index in [4.69, 9.17) is 35.4 Å². The van der Waals surface area contributed by atoms with Crippen LogP contribution in [0.2, 0.25) is 10.0 Å². The summed E-state index contributed by atoms with van der Waals surface area (Å²) in [5.74, 6) is 0.628. The van der Waals surface area contributed by atoms with Crippen LogP contribution < -0.4 is 4.72 Å². The highest BCUT2D eigenvalue weighted by molar-refractivity contribution is 7.92. The minimum atomic E-state index is -4.19. The summed E-state index contributed by atoms with van der Waals surface area (Å²) in [5.41, 5.74) is 0.862. The van der Waals surface area contributed by atoms with Crippen molar-refractivity contribution in [3.63, 3.8) is 0 Å². The Bertz CT molecular complexity index is 1400. The first-order chi connectivity index (χ1) is 14.3. The van der Waals surface area contributed by atoms with Gasteiger partial charge in [0.25, 0.3) is 21.0 Å². The van der Waals surface area contributed by atoms with E-state index in [2.05, 4.69) is 19.8 Å². The molecule has 0 bridgehead atoms. The molecule has 1 N–H and O–H groups in total. The Kier molecular flexibility index (Phi) is 5.49. The average molecular weight is 481 g/mol. The number of fused-ring (bicyclic) bond motifs is 1. The van der Waals surface area contributed by atoms with E-state index < -0.39 is 15.2 Å². The number of anilines is 1. The molecule has 4 rings (SSSR count). The van der Waals surface area contributed by atoms with Gasteiger partial charge in [-0.1, -0.05) is 59.6 Å². The molecule has 0 amide bonds. The van der Waals surface area contributed by atoms with Crippen LogP contribution in [0.1, 0.15) is 6.92 Å². The summed E-state index contributed by atoms with van der Waals surface area (Å²) in [4.78, 5) is 8.58. The molecule has 8 nitrogen and oxygen atoms in total. The maximum Gasteiger partial charge on any atom is 0.299 e. The number of hydrogen-bond acceptors (Lipinski definition) is 6. The Balaban J connectivity index is 1.86. The normalized spacial score (nSPS) is 11.7. The van der Waals surface area contributed by atoms with Gasteiger partial charge in [0.15, 0.2) is 0 Å². The van der Waals surface area contributed by atoms with Crippen molar-refractivity contribution in [1.29, 1.82) is 0 Å². The molecule has 0 fully saturated rings. The van der Waals surface area contributed by atoms with Crippen molar-refractivity contribution in [2.75, 3.05) is 4.72 Å². The lowest BCUT2D eigenvalue weighted by Crippen LogP contribution is -2.15. The minimum Gasteiger partial charge on any atom is -0.301 e. The third-order valence-corrected chi connectivity index (χ3v) is 6.38. The number of nitrogens with zero attached hydrogens (tertiary/aromatic N) is 5. The van der Waals surface area contributed by atoms with E-state index in [1.54, 1.807) is 10.6 Å². The molecular weight excluding hydrogens is 467 g/mol. The van der Waals surface area contributed by atoms with Gasteiger partial charge >= 0.3 is 0 Å². The first-order valence-corrected chi connectivity index (χ1v) is 11.4. The van der Waals surface area contributed by atoms with Crippen LogP contribution >= 0.6 is 35.4 Å². The number of nitrogens with one attached hydrogen (secondary N) is 1.